The number of hydrogen-bond donors (Lipinski definition) is 3. The number of rotatable bonds is 8. The SMILES string of the molecule is CN1CCN([C@@H]2CCCN(c3cnc(C(N)=O)c(Nc4ccc(C5CC6CCCC(C5)N6[C@@H]5Cc6ccc7c(C8CCC(=O)NC8=O)noc7c6C5)cc4)n3)C2)C1=O. The van der Waals surface area contributed by atoms with Gasteiger partial charge in [-0.25, -0.2) is 14.8 Å². The summed E-state index contributed by atoms with van der Waals surface area (Å²) in [4.78, 5) is 67.6. The Bertz CT molecular complexity index is 2280. The van der Waals surface area contributed by atoms with Gasteiger partial charge in [-0.3, -0.25) is 24.6 Å². The molecule has 2 bridgehead atoms. The number of nitrogens with two attached hydrogens (primary N) is 1. The number of carbonyl (C=O) groups is 4. The number of urea groups is 1. The standard InChI is InChI=1S/C43H50N10O5/c1-50-16-17-52(43(50)57)30-6-3-15-51(23-30)35-22-45-38(40(44)55)41(47-35)46-27-10-7-24(8-11-27)26-19-28-4-2-5-29(20-26)53(28)31-18-25-9-12-32-37(49-58-39(32)34(25)21-31)33-13-14-36(54)48-42(33)56/h7-12,22,26,28-31,33H,2-6,13-21,23H2,1H3,(H2,44,55)(H,46,47)(H,48,54,56)/t26?,28?,29?,30-,31-,33?/m1/s1. The molecule has 7 heterocycles. The lowest BCUT2D eigenvalue weighted by molar-refractivity contribution is -0.134. The van der Waals surface area contributed by atoms with Gasteiger partial charge in [0.1, 0.15) is 11.5 Å². The number of likely N-dealkylation sites (N-methyl/N-ethyl adjacent to an activating group) is 1. The van der Waals surface area contributed by atoms with Crippen molar-refractivity contribution in [1.29, 1.82) is 0 Å². The summed E-state index contributed by atoms with van der Waals surface area (Å²) in [6.45, 7) is 2.91. The van der Waals surface area contributed by atoms with Crippen molar-refractivity contribution in [3.8, 4) is 0 Å². The van der Waals surface area contributed by atoms with Crippen molar-refractivity contribution in [2.24, 2.45) is 5.73 Å². The van der Waals surface area contributed by atoms with Gasteiger partial charge in [0.2, 0.25) is 11.8 Å². The van der Waals surface area contributed by atoms with E-state index in [-0.39, 0.29) is 29.6 Å². The minimum atomic E-state index is -0.647. The van der Waals surface area contributed by atoms with Crippen LogP contribution in [0.2, 0.25) is 0 Å². The zero-order valence-electron chi connectivity index (χ0n) is 32.9. The maximum absolute atomic E-state index is 12.7. The summed E-state index contributed by atoms with van der Waals surface area (Å²) in [6, 6.07) is 14.3. The van der Waals surface area contributed by atoms with E-state index in [1.165, 1.54) is 36.0 Å². The van der Waals surface area contributed by atoms with Crippen molar-refractivity contribution in [3.63, 3.8) is 0 Å². The van der Waals surface area contributed by atoms with Gasteiger partial charge >= 0.3 is 6.03 Å². The number of nitrogens with one attached hydrogen (secondary N) is 2. The lowest BCUT2D eigenvalue weighted by Crippen LogP contribution is -2.56. The van der Waals surface area contributed by atoms with E-state index in [0.717, 1.165) is 74.8 Å². The first kappa shape index (κ1) is 36.7. The average Bonchev–Trinajstić information content (AvgIpc) is 3.94. The minimum absolute atomic E-state index is 0.0695. The Balaban J connectivity index is 0.815. The highest BCUT2D eigenvalue weighted by Gasteiger charge is 2.44. The molecule has 5 saturated heterocycles. The van der Waals surface area contributed by atoms with E-state index in [2.05, 4.69) is 67.0 Å². The van der Waals surface area contributed by atoms with Gasteiger partial charge in [0.25, 0.3) is 5.91 Å². The van der Waals surface area contributed by atoms with Crippen LogP contribution in [0.3, 0.4) is 0 Å². The number of nitrogens with zero attached hydrogens (tertiary/aromatic N) is 7. The lowest BCUT2D eigenvalue weighted by atomic mass is 9.74. The Morgan fingerprint density at radius 3 is 2.45 bits per heavy atom. The molecule has 302 valence electrons. The molecule has 6 aliphatic rings. The number of aromatic nitrogens is 3. The van der Waals surface area contributed by atoms with Gasteiger partial charge < -0.3 is 30.3 Å². The number of primary amides is 1. The second-order valence-electron chi connectivity index (χ2n) is 17.2. The van der Waals surface area contributed by atoms with Gasteiger partial charge in [0, 0.05) is 74.4 Å². The Kier molecular flexibility index (Phi) is 9.29. The summed E-state index contributed by atoms with van der Waals surface area (Å²) in [7, 11) is 1.84. The topological polar surface area (TPSA) is 183 Å². The van der Waals surface area contributed by atoms with Crippen LogP contribution in [0.1, 0.15) is 102 Å². The Hall–Kier alpha value is -5.57. The first-order chi connectivity index (χ1) is 28.2. The Labute approximate surface area is 336 Å². The molecule has 58 heavy (non-hydrogen) atoms. The molecule has 1 aliphatic carbocycles. The van der Waals surface area contributed by atoms with Gasteiger partial charge in [-0.2, -0.15) is 0 Å². The van der Waals surface area contributed by atoms with Crippen LogP contribution in [-0.2, 0) is 22.4 Å². The van der Waals surface area contributed by atoms with E-state index in [0.29, 0.717) is 60.8 Å². The lowest BCUT2D eigenvalue weighted by Gasteiger charge is -2.52. The van der Waals surface area contributed by atoms with Crippen molar-refractivity contribution in [3.05, 3.63) is 70.7 Å². The average molecular weight is 787 g/mol. The number of imide groups is 1. The molecule has 2 aromatic heterocycles. The highest BCUT2D eigenvalue weighted by Crippen LogP contribution is 2.46. The van der Waals surface area contributed by atoms with Crippen LogP contribution in [-0.4, -0.2) is 111 Å². The van der Waals surface area contributed by atoms with Crippen molar-refractivity contribution < 1.29 is 23.7 Å². The summed E-state index contributed by atoms with van der Waals surface area (Å²) >= 11 is 0. The molecule has 0 spiro atoms. The van der Waals surface area contributed by atoms with Crippen LogP contribution in [0.4, 0.5) is 22.1 Å². The van der Waals surface area contributed by atoms with Gasteiger partial charge in [0.05, 0.1) is 18.2 Å². The summed E-state index contributed by atoms with van der Waals surface area (Å²) in [5, 5.41) is 11.1. The molecular weight excluding hydrogens is 737 g/mol. The second kappa shape index (κ2) is 14.7. The molecule has 4 aromatic rings. The third-order valence-electron chi connectivity index (χ3n) is 13.8. The minimum Gasteiger partial charge on any atom is -0.364 e. The molecular formula is C43H50N10O5. The highest BCUT2D eigenvalue weighted by molar-refractivity contribution is 6.02. The predicted molar refractivity (Wildman–Crippen MR) is 216 cm³/mol. The molecule has 5 aliphatic heterocycles. The second-order valence-corrected chi connectivity index (χ2v) is 17.2. The summed E-state index contributed by atoms with van der Waals surface area (Å²) in [6.07, 6.45) is 11.9. The summed E-state index contributed by atoms with van der Waals surface area (Å²) in [5.74, 6) is -0.224. The fourth-order valence-electron chi connectivity index (χ4n) is 11.0. The molecule has 5 amide bonds. The number of piperidine rings is 4. The fourth-order valence-corrected chi connectivity index (χ4v) is 11.0. The number of hydrogen-bond acceptors (Lipinski definition) is 11. The number of amides is 5. The molecule has 4 N–H and O–H groups in total. The van der Waals surface area contributed by atoms with Crippen LogP contribution in [0.25, 0.3) is 11.0 Å². The summed E-state index contributed by atoms with van der Waals surface area (Å²) < 4.78 is 5.97. The van der Waals surface area contributed by atoms with Gasteiger partial charge in [0.15, 0.2) is 17.1 Å². The quantitative estimate of drug-likeness (QED) is 0.213. The summed E-state index contributed by atoms with van der Waals surface area (Å²) in [5.41, 5.74) is 11.9. The third-order valence-corrected chi connectivity index (χ3v) is 13.8. The van der Waals surface area contributed by atoms with Crippen LogP contribution in [0, 0.1) is 0 Å². The normalized spacial score (nSPS) is 27.6. The molecule has 2 aromatic carbocycles. The van der Waals surface area contributed by atoms with Crippen molar-refractivity contribution in [2.45, 2.75) is 107 Å². The zero-order valence-corrected chi connectivity index (χ0v) is 32.9. The first-order valence-corrected chi connectivity index (χ1v) is 21.0. The smallest absolute Gasteiger partial charge is 0.320 e. The molecule has 10 rings (SSSR count). The fraction of sp³-hybridized carbons (Fsp3) is 0.512. The molecule has 3 unspecified atom stereocenters. The zero-order chi connectivity index (χ0) is 39.7. The number of benzene rings is 2. The Morgan fingerprint density at radius 2 is 1.71 bits per heavy atom. The van der Waals surface area contributed by atoms with Crippen molar-refractivity contribution >= 4 is 52.0 Å². The van der Waals surface area contributed by atoms with Crippen molar-refractivity contribution in [1.82, 2.24) is 35.1 Å². The maximum Gasteiger partial charge on any atom is 0.320 e. The largest absolute Gasteiger partial charge is 0.364 e. The first-order valence-electron chi connectivity index (χ1n) is 21.0. The van der Waals surface area contributed by atoms with Crippen LogP contribution >= 0.6 is 0 Å². The molecule has 15 nitrogen and oxygen atoms in total. The van der Waals surface area contributed by atoms with E-state index in [1.54, 1.807) is 11.1 Å². The highest BCUT2D eigenvalue weighted by atomic mass is 16.5. The van der Waals surface area contributed by atoms with Gasteiger partial charge in [-0.15, -0.1) is 0 Å². The van der Waals surface area contributed by atoms with E-state index >= 15 is 0 Å². The van der Waals surface area contributed by atoms with E-state index in [4.69, 9.17) is 15.2 Å². The van der Waals surface area contributed by atoms with Crippen LogP contribution < -0.4 is 21.3 Å². The van der Waals surface area contributed by atoms with Crippen LogP contribution in [0.15, 0.2) is 47.1 Å². The molecule has 5 fully saturated rings. The molecule has 0 radical (unpaired) electrons. The molecule has 15 heteroatoms. The van der Waals surface area contributed by atoms with Gasteiger partial charge in [-0.1, -0.05) is 29.8 Å². The van der Waals surface area contributed by atoms with Crippen LogP contribution in [0.5, 0.6) is 0 Å². The number of carbonyl (C=O) groups excluding carboxylic acids is 4. The number of anilines is 3. The predicted octanol–water partition coefficient (Wildman–Crippen LogP) is 4.58. The van der Waals surface area contributed by atoms with E-state index in [1.807, 2.05) is 11.9 Å². The molecule has 0 saturated carbocycles. The van der Waals surface area contributed by atoms with Gasteiger partial charge in [-0.05, 0) is 93.0 Å². The number of fused-ring (bicyclic) bond motifs is 5. The van der Waals surface area contributed by atoms with E-state index < -0.39 is 11.8 Å². The Morgan fingerprint density at radius 1 is 0.914 bits per heavy atom. The molecule has 5 atom stereocenters. The maximum atomic E-state index is 12.7. The third kappa shape index (κ3) is 6.52. The monoisotopic (exact) mass is 786 g/mol. The van der Waals surface area contributed by atoms with E-state index in [9.17, 15) is 19.2 Å². The van der Waals surface area contributed by atoms with Crippen molar-refractivity contribution in [2.75, 3.05) is 43.4 Å².